The standard InChI is InChI=1S/C18H14F3N3O2/c1-11-22-14-8-4-2-6-12(14)17(26)24(11)10-16(25)23-15-9-5-3-7-13(15)18(19,20)21/h2-9H,10H2,1H3,(H,23,25). The first-order valence-corrected chi connectivity index (χ1v) is 7.69. The molecule has 0 saturated carbocycles. The summed E-state index contributed by atoms with van der Waals surface area (Å²) in [6.07, 6.45) is -4.60. The number of aryl methyl sites for hydroxylation is 1. The highest BCUT2D eigenvalue weighted by Gasteiger charge is 2.33. The minimum Gasteiger partial charge on any atom is -0.324 e. The van der Waals surface area contributed by atoms with Gasteiger partial charge in [0, 0.05) is 0 Å². The molecular formula is C18H14F3N3O2. The fourth-order valence-corrected chi connectivity index (χ4v) is 2.64. The Morgan fingerprint density at radius 3 is 2.50 bits per heavy atom. The molecule has 0 saturated heterocycles. The van der Waals surface area contributed by atoms with Gasteiger partial charge in [-0.3, -0.25) is 14.2 Å². The third-order valence-electron chi connectivity index (χ3n) is 3.86. The second kappa shape index (κ2) is 6.62. The van der Waals surface area contributed by atoms with E-state index in [1.54, 1.807) is 31.2 Å². The molecule has 2 aromatic carbocycles. The Hall–Kier alpha value is -3.16. The maximum atomic E-state index is 13.0. The third kappa shape index (κ3) is 3.44. The van der Waals surface area contributed by atoms with Crippen molar-refractivity contribution in [3.05, 3.63) is 70.3 Å². The summed E-state index contributed by atoms with van der Waals surface area (Å²) in [5.74, 6) is -0.447. The molecule has 3 rings (SSSR count). The van der Waals surface area contributed by atoms with Crippen LogP contribution in [0, 0.1) is 6.92 Å². The summed E-state index contributed by atoms with van der Waals surface area (Å²) >= 11 is 0. The van der Waals surface area contributed by atoms with Crippen molar-refractivity contribution in [3.63, 3.8) is 0 Å². The zero-order valence-corrected chi connectivity index (χ0v) is 13.7. The zero-order valence-electron chi connectivity index (χ0n) is 13.7. The van der Waals surface area contributed by atoms with Crippen LogP contribution in [0.5, 0.6) is 0 Å². The minimum atomic E-state index is -4.60. The summed E-state index contributed by atoms with van der Waals surface area (Å²) in [4.78, 5) is 29.0. The summed E-state index contributed by atoms with van der Waals surface area (Å²) in [6.45, 7) is 1.12. The second-order valence-corrected chi connectivity index (χ2v) is 5.66. The van der Waals surface area contributed by atoms with Crippen LogP contribution < -0.4 is 10.9 Å². The van der Waals surface area contributed by atoms with Gasteiger partial charge in [-0.25, -0.2) is 4.98 Å². The highest BCUT2D eigenvalue weighted by Crippen LogP contribution is 2.34. The van der Waals surface area contributed by atoms with E-state index in [1.807, 2.05) is 0 Å². The number of fused-ring (bicyclic) bond motifs is 1. The Balaban J connectivity index is 1.91. The number of aromatic nitrogens is 2. The molecule has 1 heterocycles. The maximum Gasteiger partial charge on any atom is 0.418 e. The molecular weight excluding hydrogens is 347 g/mol. The largest absolute Gasteiger partial charge is 0.418 e. The third-order valence-corrected chi connectivity index (χ3v) is 3.86. The van der Waals surface area contributed by atoms with Crippen molar-refractivity contribution in [3.8, 4) is 0 Å². The summed E-state index contributed by atoms with van der Waals surface area (Å²) in [5.41, 5.74) is -1.24. The van der Waals surface area contributed by atoms with E-state index < -0.39 is 29.8 Å². The van der Waals surface area contributed by atoms with Gasteiger partial charge in [-0.05, 0) is 31.2 Å². The number of carbonyl (C=O) groups is 1. The van der Waals surface area contributed by atoms with Crippen LogP contribution in [0.3, 0.4) is 0 Å². The highest BCUT2D eigenvalue weighted by atomic mass is 19.4. The number of nitrogens with one attached hydrogen (secondary N) is 1. The number of nitrogens with zero attached hydrogens (tertiary/aromatic N) is 2. The molecule has 0 aliphatic rings. The minimum absolute atomic E-state index is 0.299. The molecule has 0 unspecified atom stereocenters. The van der Waals surface area contributed by atoms with Gasteiger partial charge in [0.05, 0.1) is 22.2 Å². The van der Waals surface area contributed by atoms with E-state index in [2.05, 4.69) is 10.3 Å². The molecule has 0 atom stereocenters. The number of hydrogen-bond donors (Lipinski definition) is 1. The van der Waals surface area contributed by atoms with Gasteiger partial charge in [-0.1, -0.05) is 24.3 Å². The Bertz CT molecular complexity index is 1040. The highest BCUT2D eigenvalue weighted by molar-refractivity contribution is 5.91. The predicted molar refractivity (Wildman–Crippen MR) is 90.8 cm³/mol. The molecule has 0 radical (unpaired) electrons. The van der Waals surface area contributed by atoms with Crippen molar-refractivity contribution in [1.82, 2.24) is 9.55 Å². The van der Waals surface area contributed by atoms with Crippen molar-refractivity contribution in [2.75, 3.05) is 5.32 Å². The van der Waals surface area contributed by atoms with Gasteiger partial charge in [0.25, 0.3) is 5.56 Å². The van der Waals surface area contributed by atoms with Gasteiger partial charge >= 0.3 is 6.18 Å². The molecule has 0 spiro atoms. The van der Waals surface area contributed by atoms with Crippen molar-refractivity contribution in [2.45, 2.75) is 19.6 Å². The van der Waals surface area contributed by atoms with Crippen LogP contribution in [0.4, 0.5) is 18.9 Å². The molecule has 1 aromatic heterocycles. The number of para-hydroxylation sites is 2. The molecule has 134 valence electrons. The van der Waals surface area contributed by atoms with Crippen LogP contribution in [0.25, 0.3) is 10.9 Å². The van der Waals surface area contributed by atoms with E-state index >= 15 is 0 Å². The first-order chi connectivity index (χ1) is 12.3. The molecule has 3 aromatic rings. The van der Waals surface area contributed by atoms with Gasteiger partial charge in [0.2, 0.25) is 5.91 Å². The molecule has 1 N–H and O–H groups in total. The lowest BCUT2D eigenvalue weighted by Crippen LogP contribution is -2.30. The lowest BCUT2D eigenvalue weighted by molar-refractivity contribution is -0.137. The second-order valence-electron chi connectivity index (χ2n) is 5.66. The summed E-state index contributed by atoms with van der Waals surface area (Å²) in [7, 11) is 0. The van der Waals surface area contributed by atoms with Crippen LogP contribution in [-0.4, -0.2) is 15.5 Å². The predicted octanol–water partition coefficient (Wildman–Crippen LogP) is 3.36. The number of carbonyl (C=O) groups excluding carboxylic acids is 1. The van der Waals surface area contributed by atoms with E-state index in [0.29, 0.717) is 16.7 Å². The fourth-order valence-electron chi connectivity index (χ4n) is 2.64. The Morgan fingerprint density at radius 2 is 1.77 bits per heavy atom. The fraction of sp³-hybridized carbons (Fsp3) is 0.167. The first-order valence-electron chi connectivity index (χ1n) is 7.69. The van der Waals surface area contributed by atoms with Crippen molar-refractivity contribution < 1.29 is 18.0 Å². The van der Waals surface area contributed by atoms with E-state index in [4.69, 9.17) is 0 Å². The molecule has 0 aliphatic heterocycles. The smallest absolute Gasteiger partial charge is 0.324 e. The maximum absolute atomic E-state index is 13.0. The van der Waals surface area contributed by atoms with Crippen molar-refractivity contribution in [2.24, 2.45) is 0 Å². The Kier molecular flexibility index (Phi) is 4.50. The van der Waals surface area contributed by atoms with Gasteiger partial charge in [-0.2, -0.15) is 13.2 Å². The monoisotopic (exact) mass is 361 g/mol. The van der Waals surface area contributed by atoms with Crippen molar-refractivity contribution >= 4 is 22.5 Å². The van der Waals surface area contributed by atoms with Crippen LogP contribution >= 0.6 is 0 Å². The first kappa shape index (κ1) is 17.7. The van der Waals surface area contributed by atoms with Gasteiger partial charge in [0.1, 0.15) is 12.4 Å². The molecule has 0 bridgehead atoms. The lowest BCUT2D eigenvalue weighted by Gasteiger charge is -2.15. The number of alkyl halides is 3. The number of hydrogen-bond acceptors (Lipinski definition) is 3. The van der Waals surface area contributed by atoms with Crippen LogP contribution in [0.15, 0.2) is 53.3 Å². The Morgan fingerprint density at radius 1 is 1.12 bits per heavy atom. The molecule has 1 amide bonds. The van der Waals surface area contributed by atoms with E-state index in [0.717, 1.165) is 16.7 Å². The van der Waals surface area contributed by atoms with E-state index in [9.17, 15) is 22.8 Å². The number of anilines is 1. The SMILES string of the molecule is Cc1nc2ccccc2c(=O)n1CC(=O)Nc1ccccc1C(F)(F)F. The van der Waals surface area contributed by atoms with E-state index in [1.165, 1.54) is 12.1 Å². The summed E-state index contributed by atoms with van der Waals surface area (Å²) in [6, 6.07) is 11.3. The van der Waals surface area contributed by atoms with Crippen LogP contribution in [-0.2, 0) is 17.5 Å². The van der Waals surface area contributed by atoms with Gasteiger partial charge in [-0.15, -0.1) is 0 Å². The summed E-state index contributed by atoms with van der Waals surface area (Å²) in [5, 5.41) is 2.56. The molecule has 26 heavy (non-hydrogen) atoms. The number of benzene rings is 2. The molecule has 5 nitrogen and oxygen atoms in total. The van der Waals surface area contributed by atoms with Crippen molar-refractivity contribution in [1.29, 1.82) is 0 Å². The molecule has 0 aliphatic carbocycles. The molecule has 0 fully saturated rings. The lowest BCUT2D eigenvalue weighted by atomic mass is 10.1. The van der Waals surface area contributed by atoms with Crippen LogP contribution in [0.1, 0.15) is 11.4 Å². The van der Waals surface area contributed by atoms with E-state index in [-0.39, 0.29) is 5.69 Å². The van der Waals surface area contributed by atoms with Crippen LogP contribution in [0.2, 0.25) is 0 Å². The topological polar surface area (TPSA) is 64.0 Å². The summed E-state index contributed by atoms with van der Waals surface area (Å²) < 4.78 is 40.2. The zero-order chi connectivity index (χ0) is 18.9. The van der Waals surface area contributed by atoms with Gasteiger partial charge in [0.15, 0.2) is 0 Å². The quantitative estimate of drug-likeness (QED) is 0.778. The molecule has 8 heteroatoms. The number of halogens is 3. The average Bonchev–Trinajstić information content (AvgIpc) is 2.58. The number of rotatable bonds is 3. The van der Waals surface area contributed by atoms with Gasteiger partial charge < -0.3 is 5.32 Å². The Labute approximate surface area is 146 Å². The normalized spacial score (nSPS) is 11.5. The average molecular weight is 361 g/mol. The number of amides is 1.